The molecule has 4 N–H and O–H groups in total. The van der Waals surface area contributed by atoms with Gasteiger partial charge in [-0.3, -0.25) is 4.79 Å². The Kier molecular flexibility index (Phi) is 5.66. The van der Waals surface area contributed by atoms with Gasteiger partial charge in [0.1, 0.15) is 18.3 Å². The summed E-state index contributed by atoms with van der Waals surface area (Å²) in [6.07, 6.45) is -4.76. The standard InChI is InChI=1S/C18H23N5O6/c1-8-4-9-11(5-10(8)22(2)3)23(6-12(25)15(27)13(26)7-24)16-14(19-9)17(28)21-18(29)20-16/h4-5,12-13,15,24-27H,6-7H2,1-3H3,(H,21,28,29)/p-1/t12-,13+,15-/m0/s1. The Morgan fingerprint density at radius 2 is 1.83 bits per heavy atom. The number of aliphatic hydroxyl groups excluding tert-OH is 4. The highest BCUT2D eigenvalue weighted by Crippen LogP contribution is 2.29. The van der Waals surface area contributed by atoms with E-state index in [1.54, 1.807) is 12.1 Å². The molecule has 0 saturated carbocycles. The summed E-state index contributed by atoms with van der Waals surface area (Å²) in [6.45, 7) is 0.804. The normalized spacial score (nSPS) is 14.9. The molecule has 11 nitrogen and oxygen atoms in total. The Morgan fingerprint density at radius 1 is 1.14 bits per heavy atom. The van der Waals surface area contributed by atoms with Crippen molar-refractivity contribution in [1.29, 1.82) is 0 Å². The summed E-state index contributed by atoms with van der Waals surface area (Å²) < 4.78 is 1.38. The average molecular weight is 404 g/mol. The number of nitrogens with zero attached hydrogens (tertiary/aromatic N) is 5. The van der Waals surface area contributed by atoms with Gasteiger partial charge in [0.2, 0.25) is 0 Å². The fraction of sp³-hybridized carbons (Fsp3) is 0.444. The highest BCUT2D eigenvalue weighted by molar-refractivity contribution is 5.84. The highest BCUT2D eigenvalue weighted by atomic mass is 16.4. The zero-order valence-corrected chi connectivity index (χ0v) is 16.1. The van der Waals surface area contributed by atoms with Crippen molar-refractivity contribution in [2.24, 2.45) is 0 Å². The molecule has 2 heterocycles. The molecule has 156 valence electrons. The number of aryl methyl sites for hydroxylation is 1. The Morgan fingerprint density at radius 3 is 2.45 bits per heavy atom. The first-order valence-corrected chi connectivity index (χ1v) is 8.86. The van der Waals surface area contributed by atoms with Gasteiger partial charge in [-0.15, -0.1) is 0 Å². The Balaban J connectivity index is 2.30. The molecule has 0 bridgehead atoms. The maximum absolute atomic E-state index is 12.2. The van der Waals surface area contributed by atoms with Crippen molar-refractivity contribution >= 4 is 16.7 Å². The lowest BCUT2D eigenvalue weighted by molar-refractivity contribution is -0.282. The molecule has 0 spiro atoms. The summed E-state index contributed by atoms with van der Waals surface area (Å²) in [5.74, 6) is -0.0965. The van der Waals surface area contributed by atoms with Crippen LogP contribution in [0.5, 0.6) is 6.01 Å². The molecule has 0 radical (unpaired) electrons. The van der Waals surface area contributed by atoms with Crippen molar-refractivity contribution in [2.45, 2.75) is 31.8 Å². The van der Waals surface area contributed by atoms with Crippen molar-refractivity contribution in [3.63, 3.8) is 0 Å². The van der Waals surface area contributed by atoms with E-state index in [0.717, 1.165) is 11.3 Å². The molecule has 2 aliphatic heterocycles. The van der Waals surface area contributed by atoms with Gasteiger partial charge in [0.05, 0.1) is 30.2 Å². The summed E-state index contributed by atoms with van der Waals surface area (Å²) in [5, 5.41) is 50.8. The van der Waals surface area contributed by atoms with Crippen molar-refractivity contribution in [1.82, 2.24) is 19.5 Å². The number of anilines is 1. The molecule has 1 aromatic rings. The van der Waals surface area contributed by atoms with Crippen molar-refractivity contribution in [3.8, 4) is 17.5 Å². The largest absolute Gasteiger partial charge is 0.844 e. The molecule has 0 unspecified atom stereocenters. The summed E-state index contributed by atoms with van der Waals surface area (Å²) in [6, 6.07) is 2.51. The van der Waals surface area contributed by atoms with Gasteiger partial charge >= 0.3 is 0 Å². The summed E-state index contributed by atoms with van der Waals surface area (Å²) in [7, 11) is 3.69. The van der Waals surface area contributed by atoms with E-state index < -0.39 is 36.5 Å². The van der Waals surface area contributed by atoms with Gasteiger partial charge < -0.3 is 35.0 Å². The minimum absolute atomic E-state index is 0.0965. The molecule has 0 fully saturated rings. The van der Waals surface area contributed by atoms with Crippen molar-refractivity contribution < 1.29 is 25.5 Å². The van der Waals surface area contributed by atoms with E-state index in [1.807, 2.05) is 25.9 Å². The van der Waals surface area contributed by atoms with Gasteiger partial charge in [0, 0.05) is 19.8 Å². The first kappa shape index (κ1) is 20.9. The van der Waals surface area contributed by atoms with Gasteiger partial charge in [0.15, 0.2) is 11.5 Å². The lowest BCUT2D eigenvalue weighted by Gasteiger charge is -2.26. The maximum atomic E-state index is 12.2. The Hall–Kier alpha value is -2.86. The molecular formula is C18H22N5O6-. The van der Waals surface area contributed by atoms with E-state index in [4.69, 9.17) is 5.11 Å². The van der Waals surface area contributed by atoms with E-state index in [0.29, 0.717) is 11.0 Å². The summed E-state index contributed by atoms with van der Waals surface area (Å²) in [5.41, 5.74) is 1.56. The van der Waals surface area contributed by atoms with E-state index in [-0.39, 0.29) is 18.1 Å². The number of rotatable bonds is 6. The maximum Gasteiger partial charge on any atom is 0.300 e. The molecule has 1 aromatic carbocycles. The number of hydrogen-bond donors (Lipinski definition) is 4. The van der Waals surface area contributed by atoms with E-state index in [9.17, 15) is 25.2 Å². The van der Waals surface area contributed by atoms with Crippen molar-refractivity contribution in [2.75, 3.05) is 25.6 Å². The summed E-state index contributed by atoms with van der Waals surface area (Å²) in [4.78, 5) is 25.4. The van der Waals surface area contributed by atoms with Crippen LogP contribution in [0.2, 0.25) is 0 Å². The first-order valence-electron chi connectivity index (χ1n) is 8.86. The molecule has 11 heteroatoms. The lowest BCUT2D eigenvalue weighted by Crippen LogP contribution is -2.42. The quantitative estimate of drug-likeness (QED) is 0.331. The van der Waals surface area contributed by atoms with Gasteiger partial charge in [0.25, 0.3) is 5.56 Å². The fourth-order valence-electron chi connectivity index (χ4n) is 3.23. The van der Waals surface area contributed by atoms with Crippen LogP contribution < -0.4 is 15.6 Å². The predicted octanol–water partition coefficient (Wildman–Crippen LogP) is -2.19. The lowest BCUT2D eigenvalue weighted by atomic mass is 10.1. The topological polar surface area (TPSA) is 168 Å². The molecule has 0 amide bonds. The summed E-state index contributed by atoms with van der Waals surface area (Å²) >= 11 is 0. The third kappa shape index (κ3) is 3.85. The van der Waals surface area contributed by atoms with E-state index in [2.05, 4.69) is 15.0 Å². The SMILES string of the molecule is Cc1cc2nc3c(=O)nc([O-])nc-3n(C[C@H](O)[C@H](O)[C@H](O)CO)c2cc1N(C)C. The predicted molar refractivity (Wildman–Crippen MR) is 102 cm³/mol. The van der Waals surface area contributed by atoms with Crippen LogP contribution >= 0.6 is 0 Å². The number of hydrogen-bond acceptors (Lipinski definition) is 10. The molecule has 3 atom stereocenters. The van der Waals surface area contributed by atoms with Gasteiger partial charge in [-0.05, 0) is 24.6 Å². The van der Waals surface area contributed by atoms with Crippen LogP contribution in [0.3, 0.4) is 0 Å². The zero-order valence-electron chi connectivity index (χ0n) is 16.1. The Bertz CT molecular complexity index is 1070. The molecule has 29 heavy (non-hydrogen) atoms. The molecule has 0 saturated heterocycles. The second kappa shape index (κ2) is 7.87. The monoisotopic (exact) mass is 404 g/mol. The second-order valence-electron chi connectivity index (χ2n) is 7.04. The van der Waals surface area contributed by atoms with Gasteiger partial charge in [-0.1, -0.05) is 0 Å². The zero-order chi connectivity index (χ0) is 21.5. The number of aromatic nitrogens is 4. The van der Waals surface area contributed by atoms with Crippen LogP contribution in [-0.4, -0.2) is 79.0 Å². The molecular weight excluding hydrogens is 382 g/mol. The number of benzene rings is 1. The van der Waals surface area contributed by atoms with Crippen LogP contribution in [0.15, 0.2) is 16.9 Å². The van der Waals surface area contributed by atoms with Crippen molar-refractivity contribution in [3.05, 3.63) is 28.0 Å². The minimum atomic E-state index is -1.66. The van der Waals surface area contributed by atoms with Crippen LogP contribution in [0, 0.1) is 6.92 Å². The van der Waals surface area contributed by atoms with Gasteiger partial charge in [-0.2, -0.15) is 0 Å². The number of aliphatic hydroxyl groups is 4. The fourth-order valence-corrected chi connectivity index (χ4v) is 3.23. The van der Waals surface area contributed by atoms with Crippen LogP contribution in [0.4, 0.5) is 5.69 Å². The van der Waals surface area contributed by atoms with E-state index >= 15 is 0 Å². The molecule has 0 aromatic heterocycles. The molecule has 2 aliphatic rings. The Labute approximate surface area is 165 Å². The highest BCUT2D eigenvalue weighted by Gasteiger charge is 2.27. The third-order valence-electron chi connectivity index (χ3n) is 4.71. The van der Waals surface area contributed by atoms with Crippen LogP contribution in [0.1, 0.15) is 5.56 Å². The smallest absolute Gasteiger partial charge is 0.300 e. The third-order valence-corrected chi connectivity index (χ3v) is 4.71. The molecule has 0 aliphatic carbocycles. The van der Waals surface area contributed by atoms with Crippen LogP contribution in [0.25, 0.3) is 22.6 Å². The second-order valence-corrected chi connectivity index (χ2v) is 7.04. The van der Waals surface area contributed by atoms with Gasteiger partial charge in [-0.25, -0.2) is 15.0 Å². The average Bonchev–Trinajstić information content (AvgIpc) is 2.66. The number of fused-ring (bicyclic) bond motifs is 2. The molecule has 3 rings (SSSR count). The van der Waals surface area contributed by atoms with Crippen LogP contribution in [-0.2, 0) is 6.54 Å². The minimum Gasteiger partial charge on any atom is -0.844 e. The first-order chi connectivity index (χ1) is 13.6. The van der Waals surface area contributed by atoms with E-state index in [1.165, 1.54) is 4.57 Å².